The molecule has 6 heteroatoms. The number of nitro groups is 1. The Kier molecular flexibility index (Phi) is 4.62. The van der Waals surface area contributed by atoms with Crippen LogP contribution in [0.25, 0.3) is 0 Å². The molecular formula is C14H11BrClNO3. The molecule has 20 heavy (non-hydrogen) atoms. The second kappa shape index (κ2) is 6.24. The molecule has 0 aliphatic carbocycles. The van der Waals surface area contributed by atoms with Crippen molar-refractivity contribution in [2.75, 3.05) is 0 Å². The van der Waals surface area contributed by atoms with Gasteiger partial charge < -0.3 is 4.74 Å². The summed E-state index contributed by atoms with van der Waals surface area (Å²) in [5.41, 5.74) is 1.41. The van der Waals surface area contributed by atoms with Crippen LogP contribution in [0.5, 0.6) is 5.75 Å². The Morgan fingerprint density at radius 1 is 1.30 bits per heavy atom. The van der Waals surface area contributed by atoms with Gasteiger partial charge in [-0.05, 0) is 36.8 Å². The molecule has 0 amide bonds. The summed E-state index contributed by atoms with van der Waals surface area (Å²) in [7, 11) is 0. The van der Waals surface area contributed by atoms with Crippen molar-refractivity contribution in [1.29, 1.82) is 0 Å². The van der Waals surface area contributed by atoms with Crippen LogP contribution >= 0.6 is 27.5 Å². The molecule has 104 valence electrons. The normalized spacial score (nSPS) is 10.3. The van der Waals surface area contributed by atoms with E-state index >= 15 is 0 Å². The van der Waals surface area contributed by atoms with Crippen molar-refractivity contribution < 1.29 is 9.66 Å². The molecule has 0 heterocycles. The maximum absolute atomic E-state index is 11.0. The zero-order chi connectivity index (χ0) is 14.7. The number of nitro benzene ring substituents is 1. The van der Waals surface area contributed by atoms with Crippen LogP contribution in [-0.4, -0.2) is 4.92 Å². The van der Waals surface area contributed by atoms with E-state index in [1.165, 1.54) is 6.07 Å². The van der Waals surface area contributed by atoms with E-state index in [2.05, 4.69) is 15.9 Å². The monoisotopic (exact) mass is 355 g/mol. The quantitative estimate of drug-likeness (QED) is 0.578. The summed E-state index contributed by atoms with van der Waals surface area (Å²) in [5.74, 6) is 0.684. The van der Waals surface area contributed by atoms with Crippen molar-refractivity contribution in [3.05, 3.63) is 67.1 Å². The fraction of sp³-hybridized carbons (Fsp3) is 0.143. The lowest BCUT2D eigenvalue weighted by Gasteiger charge is -2.10. The third kappa shape index (κ3) is 3.49. The molecule has 0 aliphatic heterocycles. The standard InChI is InChI=1S/C14H11BrClNO3/c1-9-2-4-11(15)6-14(9)20-8-10-3-5-12(16)7-13(10)17(18)19/h2-7H,8H2,1H3. The van der Waals surface area contributed by atoms with Gasteiger partial charge in [-0.25, -0.2) is 0 Å². The molecule has 0 atom stereocenters. The van der Waals surface area contributed by atoms with Gasteiger partial charge in [-0.3, -0.25) is 10.1 Å². The second-order valence-electron chi connectivity index (χ2n) is 4.23. The van der Waals surface area contributed by atoms with Gasteiger partial charge in [0.15, 0.2) is 0 Å². The zero-order valence-corrected chi connectivity index (χ0v) is 12.9. The molecule has 0 spiro atoms. The third-order valence-corrected chi connectivity index (χ3v) is 3.51. The van der Waals surface area contributed by atoms with Gasteiger partial charge in [0.25, 0.3) is 5.69 Å². The van der Waals surface area contributed by atoms with Crippen molar-refractivity contribution in [3.63, 3.8) is 0 Å². The van der Waals surface area contributed by atoms with E-state index in [-0.39, 0.29) is 12.3 Å². The molecule has 2 rings (SSSR count). The van der Waals surface area contributed by atoms with Gasteiger partial charge in [-0.1, -0.05) is 33.6 Å². The molecule has 0 saturated heterocycles. The summed E-state index contributed by atoms with van der Waals surface area (Å²) in [6.07, 6.45) is 0. The summed E-state index contributed by atoms with van der Waals surface area (Å²) >= 11 is 9.14. The number of aryl methyl sites for hydroxylation is 1. The first kappa shape index (κ1) is 14.8. The van der Waals surface area contributed by atoms with Crippen LogP contribution in [0, 0.1) is 17.0 Å². The molecule has 0 saturated carbocycles. The van der Waals surface area contributed by atoms with Crippen molar-refractivity contribution in [2.24, 2.45) is 0 Å². The average molecular weight is 357 g/mol. The number of nitrogens with zero attached hydrogens (tertiary/aromatic N) is 1. The topological polar surface area (TPSA) is 52.4 Å². The predicted octanol–water partition coefficient (Wildman–Crippen LogP) is 4.90. The number of hydrogen-bond donors (Lipinski definition) is 0. The molecule has 2 aromatic rings. The number of rotatable bonds is 4. The molecule has 0 radical (unpaired) electrons. The zero-order valence-electron chi connectivity index (χ0n) is 10.6. The highest BCUT2D eigenvalue weighted by Gasteiger charge is 2.15. The molecule has 0 aromatic heterocycles. The number of ether oxygens (including phenoxy) is 1. The lowest BCUT2D eigenvalue weighted by Crippen LogP contribution is -2.01. The molecular weight excluding hydrogens is 346 g/mol. The summed E-state index contributed by atoms with van der Waals surface area (Å²) in [6, 6.07) is 10.2. The van der Waals surface area contributed by atoms with E-state index in [1.54, 1.807) is 12.1 Å². The Morgan fingerprint density at radius 2 is 2.05 bits per heavy atom. The minimum atomic E-state index is -0.460. The lowest BCUT2D eigenvalue weighted by molar-refractivity contribution is -0.385. The first-order valence-electron chi connectivity index (χ1n) is 5.79. The predicted molar refractivity (Wildman–Crippen MR) is 81.3 cm³/mol. The highest BCUT2D eigenvalue weighted by atomic mass is 79.9. The largest absolute Gasteiger partial charge is 0.488 e. The van der Waals surface area contributed by atoms with Crippen molar-refractivity contribution in [3.8, 4) is 5.75 Å². The van der Waals surface area contributed by atoms with Gasteiger partial charge in [0.1, 0.15) is 12.4 Å². The first-order valence-corrected chi connectivity index (χ1v) is 6.96. The Labute approximate surface area is 129 Å². The summed E-state index contributed by atoms with van der Waals surface area (Å²) in [5, 5.41) is 11.3. The van der Waals surface area contributed by atoms with E-state index in [9.17, 15) is 10.1 Å². The van der Waals surface area contributed by atoms with Crippen LogP contribution < -0.4 is 4.74 Å². The second-order valence-corrected chi connectivity index (χ2v) is 5.58. The minimum absolute atomic E-state index is 0.0369. The first-order chi connectivity index (χ1) is 9.47. The molecule has 0 bridgehead atoms. The van der Waals surface area contributed by atoms with Gasteiger partial charge in [0, 0.05) is 15.6 Å². The van der Waals surface area contributed by atoms with Crippen LogP contribution in [0.3, 0.4) is 0 Å². The number of benzene rings is 2. The van der Waals surface area contributed by atoms with E-state index in [4.69, 9.17) is 16.3 Å². The smallest absolute Gasteiger partial charge is 0.277 e. The highest BCUT2D eigenvalue weighted by molar-refractivity contribution is 9.10. The summed E-state index contributed by atoms with van der Waals surface area (Å²) < 4.78 is 6.55. The number of hydrogen-bond acceptors (Lipinski definition) is 3. The van der Waals surface area contributed by atoms with Gasteiger partial charge in [0.2, 0.25) is 0 Å². The van der Waals surface area contributed by atoms with E-state index in [1.807, 2.05) is 25.1 Å². The fourth-order valence-corrected chi connectivity index (χ4v) is 2.22. The van der Waals surface area contributed by atoms with Gasteiger partial charge in [-0.15, -0.1) is 0 Å². The van der Waals surface area contributed by atoms with Crippen LogP contribution in [-0.2, 0) is 6.61 Å². The van der Waals surface area contributed by atoms with Gasteiger partial charge in [0.05, 0.1) is 10.5 Å². The minimum Gasteiger partial charge on any atom is -0.488 e. The van der Waals surface area contributed by atoms with Crippen molar-refractivity contribution >= 4 is 33.2 Å². The molecule has 4 nitrogen and oxygen atoms in total. The Bertz CT molecular complexity index is 661. The van der Waals surface area contributed by atoms with Gasteiger partial charge in [-0.2, -0.15) is 0 Å². The Morgan fingerprint density at radius 3 is 2.75 bits per heavy atom. The van der Waals surface area contributed by atoms with Crippen molar-refractivity contribution in [1.82, 2.24) is 0 Å². The summed E-state index contributed by atoms with van der Waals surface area (Å²) in [4.78, 5) is 10.5. The molecule has 0 aliphatic rings. The maximum atomic E-state index is 11.0. The van der Waals surface area contributed by atoms with Crippen LogP contribution in [0.4, 0.5) is 5.69 Å². The fourth-order valence-electron chi connectivity index (χ4n) is 1.71. The van der Waals surface area contributed by atoms with Crippen LogP contribution in [0.2, 0.25) is 5.02 Å². The molecule has 0 fully saturated rings. The third-order valence-electron chi connectivity index (χ3n) is 2.78. The number of halogens is 2. The SMILES string of the molecule is Cc1ccc(Br)cc1OCc1ccc(Cl)cc1[N+](=O)[O-]. The average Bonchev–Trinajstić information content (AvgIpc) is 2.40. The van der Waals surface area contributed by atoms with Gasteiger partial charge >= 0.3 is 0 Å². The Hall–Kier alpha value is -1.59. The van der Waals surface area contributed by atoms with Crippen molar-refractivity contribution in [2.45, 2.75) is 13.5 Å². The lowest BCUT2D eigenvalue weighted by atomic mass is 10.2. The Balaban J connectivity index is 2.23. The maximum Gasteiger partial charge on any atom is 0.277 e. The van der Waals surface area contributed by atoms with E-state index < -0.39 is 4.92 Å². The van der Waals surface area contributed by atoms with E-state index in [0.29, 0.717) is 16.3 Å². The molecule has 0 unspecified atom stereocenters. The van der Waals surface area contributed by atoms with E-state index in [0.717, 1.165) is 10.0 Å². The summed E-state index contributed by atoms with van der Waals surface area (Å²) in [6.45, 7) is 2.03. The highest BCUT2D eigenvalue weighted by Crippen LogP contribution is 2.27. The molecule has 2 aromatic carbocycles. The van der Waals surface area contributed by atoms with Crippen LogP contribution in [0.1, 0.15) is 11.1 Å². The van der Waals surface area contributed by atoms with Crippen LogP contribution in [0.15, 0.2) is 40.9 Å². The molecule has 0 N–H and O–H groups in total.